The molecule has 4 nitrogen and oxygen atoms in total. The largest absolute Gasteiger partial charge is 0.508 e. The van der Waals surface area contributed by atoms with Crippen LogP contribution in [0.2, 0.25) is 0 Å². The number of benzene rings is 1. The van der Waals surface area contributed by atoms with Crippen LogP contribution < -0.4 is 4.87 Å². The van der Waals surface area contributed by atoms with Gasteiger partial charge in [-0.1, -0.05) is 17.4 Å². The zero-order valence-corrected chi connectivity index (χ0v) is 9.75. The van der Waals surface area contributed by atoms with Gasteiger partial charge >= 0.3 is 4.87 Å². The third-order valence-corrected chi connectivity index (χ3v) is 4.16. The van der Waals surface area contributed by atoms with Crippen molar-refractivity contribution in [3.05, 3.63) is 43.9 Å². The Kier molecular flexibility index (Phi) is 2.22. The summed E-state index contributed by atoms with van der Waals surface area (Å²) < 4.78 is 0. The molecule has 0 radical (unpaired) electrons. The summed E-state index contributed by atoms with van der Waals surface area (Å²) in [6.45, 7) is 0. The van der Waals surface area contributed by atoms with Crippen LogP contribution in [0.5, 0.6) is 11.6 Å². The van der Waals surface area contributed by atoms with Crippen LogP contribution in [0.25, 0.3) is 0 Å². The number of nitrogens with one attached hydrogen (secondary N) is 1. The molecule has 0 amide bonds. The van der Waals surface area contributed by atoms with Crippen LogP contribution in [0.1, 0.15) is 28.3 Å². The number of H-pyrrole nitrogens is 1. The number of fused-ring (bicyclic) bond motifs is 1. The van der Waals surface area contributed by atoms with Crippen LogP contribution >= 0.6 is 11.3 Å². The highest BCUT2D eigenvalue weighted by Crippen LogP contribution is 2.42. The standard InChI is InChI=1S/C12H11NO3S/c14-7-2-4-8-6(5-7)1-3-9(8)10-11(15)13-12(16)17-10/h2,4-5,9,14-15H,1,3H2,(H,13,16)/t9-/m1/s1. The number of aryl methyl sites for hydroxylation is 1. The van der Waals surface area contributed by atoms with Crippen LogP contribution in [0, 0.1) is 0 Å². The number of phenols is 1. The van der Waals surface area contributed by atoms with Gasteiger partial charge < -0.3 is 10.2 Å². The fraction of sp³-hybridized carbons (Fsp3) is 0.250. The van der Waals surface area contributed by atoms with Gasteiger partial charge in [0.15, 0.2) is 0 Å². The quantitative estimate of drug-likeness (QED) is 0.723. The van der Waals surface area contributed by atoms with Crippen molar-refractivity contribution in [1.82, 2.24) is 4.98 Å². The summed E-state index contributed by atoms with van der Waals surface area (Å²) in [6.07, 6.45) is 1.72. The van der Waals surface area contributed by atoms with E-state index in [0.29, 0.717) is 4.88 Å². The van der Waals surface area contributed by atoms with Gasteiger partial charge in [-0.15, -0.1) is 0 Å². The summed E-state index contributed by atoms with van der Waals surface area (Å²) in [5, 5.41) is 19.1. The molecule has 5 heteroatoms. The van der Waals surface area contributed by atoms with Crippen molar-refractivity contribution in [3.8, 4) is 11.6 Å². The van der Waals surface area contributed by atoms with Gasteiger partial charge in [-0.2, -0.15) is 0 Å². The molecule has 0 aliphatic heterocycles. The molecule has 1 atom stereocenters. The van der Waals surface area contributed by atoms with Crippen molar-refractivity contribution < 1.29 is 10.2 Å². The Morgan fingerprint density at radius 3 is 2.88 bits per heavy atom. The van der Waals surface area contributed by atoms with Gasteiger partial charge in [0, 0.05) is 5.92 Å². The molecule has 0 bridgehead atoms. The lowest BCUT2D eigenvalue weighted by atomic mass is 10.00. The van der Waals surface area contributed by atoms with E-state index in [0.717, 1.165) is 35.3 Å². The van der Waals surface area contributed by atoms with Crippen molar-refractivity contribution >= 4 is 11.3 Å². The average Bonchev–Trinajstić information content (AvgIpc) is 2.81. The number of hydrogen-bond donors (Lipinski definition) is 3. The second kappa shape index (κ2) is 3.63. The Hall–Kier alpha value is -1.75. The highest BCUT2D eigenvalue weighted by Gasteiger charge is 2.28. The molecule has 0 saturated heterocycles. The number of hydrogen-bond acceptors (Lipinski definition) is 4. The van der Waals surface area contributed by atoms with E-state index in [1.165, 1.54) is 0 Å². The van der Waals surface area contributed by atoms with Crippen molar-refractivity contribution in [1.29, 1.82) is 0 Å². The topological polar surface area (TPSA) is 73.3 Å². The molecule has 0 unspecified atom stereocenters. The lowest BCUT2D eigenvalue weighted by Crippen LogP contribution is -1.93. The van der Waals surface area contributed by atoms with Gasteiger partial charge in [0.1, 0.15) is 5.75 Å². The Morgan fingerprint density at radius 1 is 1.35 bits per heavy atom. The van der Waals surface area contributed by atoms with Gasteiger partial charge in [0.25, 0.3) is 0 Å². The summed E-state index contributed by atoms with van der Waals surface area (Å²) in [5.74, 6) is 0.302. The van der Waals surface area contributed by atoms with E-state index < -0.39 is 0 Å². The molecule has 0 fully saturated rings. The van der Waals surface area contributed by atoms with Gasteiger partial charge in [-0.3, -0.25) is 9.78 Å². The van der Waals surface area contributed by atoms with Crippen LogP contribution in [0.3, 0.4) is 0 Å². The Balaban J connectivity index is 2.09. The summed E-state index contributed by atoms with van der Waals surface area (Å²) in [6, 6.07) is 5.26. The highest BCUT2D eigenvalue weighted by atomic mass is 32.1. The number of aromatic amines is 1. The Labute approximate surface area is 101 Å². The lowest BCUT2D eigenvalue weighted by Gasteiger charge is -2.09. The molecule has 3 N–H and O–H groups in total. The highest BCUT2D eigenvalue weighted by molar-refractivity contribution is 7.09. The maximum atomic E-state index is 11.2. The van der Waals surface area contributed by atoms with E-state index in [4.69, 9.17) is 0 Å². The molecule has 1 aromatic heterocycles. The molecule has 1 heterocycles. The molecule has 88 valence electrons. The first kappa shape index (κ1) is 10.4. The normalized spacial score (nSPS) is 18.2. The molecule has 1 aromatic carbocycles. The smallest absolute Gasteiger partial charge is 0.307 e. The van der Waals surface area contributed by atoms with E-state index >= 15 is 0 Å². The minimum atomic E-state index is -0.232. The minimum Gasteiger partial charge on any atom is -0.508 e. The molecular weight excluding hydrogens is 238 g/mol. The molecule has 0 saturated carbocycles. The summed E-state index contributed by atoms with van der Waals surface area (Å²) >= 11 is 1.06. The van der Waals surface area contributed by atoms with Gasteiger partial charge in [0.2, 0.25) is 5.88 Å². The number of phenolic OH excluding ortho intramolecular Hbond substituents is 1. The van der Waals surface area contributed by atoms with E-state index in [1.807, 2.05) is 6.07 Å². The molecular formula is C12H11NO3S. The molecule has 1 aliphatic carbocycles. The maximum Gasteiger partial charge on any atom is 0.307 e. The first-order chi connectivity index (χ1) is 8.15. The molecule has 2 aromatic rings. The van der Waals surface area contributed by atoms with E-state index in [-0.39, 0.29) is 22.4 Å². The maximum absolute atomic E-state index is 11.2. The second-order valence-corrected chi connectivity index (χ2v) is 5.22. The summed E-state index contributed by atoms with van der Waals surface area (Å²) in [7, 11) is 0. The molecule has 3 rings (SSSR count). The van der Waals surface area contributed by atoms with Crippen molar-refractivity contribution in [2.75, 3.05) is 0 Å². The van der Waals surface area contributed by atoms with Crippen LogP contribution in [0.15, 0.2) is 23.0 Å². The average molecular weight is 249 g/mol. The Bertz CT molecular complexity index is 629. The monoisotopic (exact) mass is 249 g/mol. The fourth-order valence-electron chi connectivity index (χ4n) is 2.44. The van der Waals surface area contributed by atoms with Crippen LogP contribution in [0.4, 0.5) is 0 Å². The summed E-state index contributed by atoms with van der Waals surface area (Å²) in [5.41, 5.74) is 2.18. The minimum absolute atomic E-state index is 0.0223. The third kappa shape index (κ3) is 1.63. The summed E-state index contributed by atoms with van der Waals surface area (Å²) in [4.78, 5) is 14.1. The third-order valence-electron chi connectivity index (χ3n) is 3.18. The first-order valence-electron chi connectivity index (χ1n) is 5.39. The van der Waals surface area contributed by atoms with Crippen molar-refractivity contribution in [2.24, 2.45) is 0 Å². The van der Waals surface area contributed by atoms with Crippen molar-refractivity contribution in [3.63, 3.8) is 0 Å². The first-order valence-corrected chi connectivity index (χ1v) is 6.20. The molecule has 1 aliphatic rings. The number of thiazole rings is 1. The predicted octanol–water partition coefficient (Wildman–Crippen LogP) is 1.93. The molecule has 0 spiro atoms. The lowest BCUT2D eigenvalue weighted by molar-refractivity contribution is 0.447. The van der Waals surface area contributed by atoms with E-state index in [1.54, 1.807) is 12.1 Å². The number of aromatic nitrogens is 1. The molecule has 17 heavy (non-hydrogen) atoms. The van der Waals surface area contributed by atoms with Crippen molar-refractivity contribution in [2.45, 2.75) is 18.8 Å². The zero-order valence-electron chi connectivity index (χ0n) is 8.93. The Morgan fingerprint density at radius 2 is 2.18 bits per heavy atom. The van der Waals surface area contributed by atoms with E-state index in [2.05, 4.69) is 4.98 Å². The predicted molar refractivity (Wildman–Crippen MR) is 64.9 cm³/mol. The zero-order chi connectivity index (χ0) is 12.0. The van der Waals surface area contributed by atoms with Crippen LogP contribution in [-0.4, -0.2) is 15.2 Å². The SMILES string of the molecule is O=c1[nH]c(O)c([C@@H]2CCc3cc(O)ccc32)s1. The van der Waals surface area contributed by atoms with Crippen LogP contribution in [-0.2, 0) is 6.42 Å². The van der Waals surface area contributed by atoms with Gasteiger partial charge in [0.05, 0.1) is 4.88 Å². The van der Waals surface area contributed by atoms with Gasteiger partial charge in [-0.05, 0) is 36.1 Å². The van der Waals surface area contributed by atoms with E-state index in [9.17, 15) is 15.0 Å². The number of rotatable bonds is 1. The second-order valence-electron chi connectivity index (χ2n) is 4.20. The fourth-order valence-corrected chi connectivity index (χ4v) is 3.33. The number of aromatic hydroxyl groups is 2. The van der Waals surface area contributed by atoms with Gasteiger partial charge in [-0.25, -0.2) is 0 Å².